The van der Waals surface area contributed by atoms with Gasteiger partial charge in [0, 0.05) is 25.0 Å². The highest BCUT2D eigenvalue weighted by atomic mass is 32.2. The molecule has 25 heavy (non-hydrogen) atoms. The molecule has 0 radical (unpaired) electrons. The second-order valence-electron chi connectivity index (χ2n) is 5.51. The summed E-state index contributed by atoms with van der Waals surface area (Å²) in [6.45, 7) is 1.44. The summed E-state index contributed by atoms with van der Waals surface area (Å²) in [5.41, 5.74) is 1.13. The second kappa shape index (κ2) is 9.17. The molecule has 2 rings (SSSR count). The molecule has 0 fully saturated rings. The van der Waals surface area contributed by atoms with Crippen LogP contribution in [0.25, 0.3) is 0 Å². The SMILES string of the molecule is COc1ccc(NC(C)=O)cc1NC(=O)C(CCSC)n1cccc1. The van der Waals surface area contributed by atoms with Crippen molar-refractivity contribution < 1.29 is 14.3 Å². The van der Waals surface area contributed by atoms with Crippen molar-refractivity contribution in [2.75, 3.05) is 29.8 Å². The van der Waals surface area contributed by atoms with E-state index >= 15 is 0 Å². The quantitative estimate of drug-likeness (QED) is 0.756. The van der Waals surface area contributed by atoms with Crippen LogP contribution in [0.5, 0.6) is 5.75 Å². The Morgan fingerprint density at radius 3 is 2.56 bits per heavy atom. The highest BCUT2D eigenvalue weighted by Crippen LogP contribution is 2.29. The molecule has 2 amide bonds. The Hall–Kier alpha value is -2.41. The molecule has 0 aliphatic rings. The van der Waals surface area contributed by atoms with Gasteiger partial charge < -0.3 is 19.9 Å². The number of ether oxygens (including phenoxy) is 1. The van der Waals surface area contributed by atoms with Crippen LogP contribution in [-0.2, 0) is 9.59 Å². The van der Waals surface area contributed by atoms with Crippen molar-refractivity contribution >= 4 is 35.0 Å². The van der Waals surface area contributed by atoms with Gasteiger partial charge in [0.1, 0.15) is 11.8 Å². The summed E-state index contributed by atoms with van der Waals surface area (Å²) >= 11 is 1.70. The number of benzene rings is 1. The maximum Gasteiger partial charge on any atom is 0.247 e. The van der Waals surface area contributed by atoms with Crippen LogP contribution in [0.1, 0.15) is 19.4 Å². The highest BCUT2D eigenvalue weighted by Gasteiger charge is 2.20. The fraction of sp³-hybridized carbons (Fsp3) is 0.333. The predicted molar refractivity (Wildman–Crippen MR) is 102 cm³/mol. The Morgan fingerprint density at radius 2 is 1.96 bits per heavy atom. The van der Waals surface area contributed by atoms with E-state index in [-0.39, 0.29) is 17.9 Å². The fourth-order valence-corrected chi connectivity index (χ4v) is 2.96. The molecular formula is C18H23N3O3S. The maximum atomic E-state index is 12.8. The molecule has 0 saturated heterocycles. The van der Waals surface area contributed by atoms with E-state index in [9.17, 15) is 9.59 Å². The van der Waals surface area contributed by atoms with Gasteiger partial charge in [0.25, 0.3) is 0 Å². The zero-order valence-corrected chi connectivity index (χ0v) is 15.4. The number of carbonyl (C=O) groups excluding carboxylic acids is 2. The van der Waals surface area contributed by atoms with Crippen LogP contribution in [0.15, 0.2) is 42.7 Å². The predicted octanol–water partition coefficient (Wildman–Crippen LogP) is 3.39. The van der Waals surface area contributed by atoms with Crippen LogP contribution >= 0.6 is 11.8 Å². The van der Waals surface area contributed by atoms with Crippen molar-refractivity contribution in [1.29, 1.82) is 0 Å². The van der Waals surface area contributed by atoms with Crippen molar-refractivity contribution in [2.45, 2.75) is 19.4 Å². The van der Waals surface area contributed by atoms with E-state index in [0.29, 0.717) is 17.1 Å². The van der Waals surface area contributed by atoms with Gasteiger partial charge in [-0.15, -0.1) is 0 Å². The van der Waals surface area contributed by atoms with E-state index in [4.69, 9.17) is 4.74 Å². The number of hydrogen-bond donors (Lipinski definition) is 2. The molecular weight excluding hydrogens is 338 g/mol. The molecule has 0 aliphatic heterocycles. The molecule has 0 bridgehead atoms. The zero-order valence-electron chi connectivity index (χ0n) is 14.6. The third kappa shape index (κ3) is 5.29. The van der Waals surface area contributed by atoms with Crippen LogP contribution < -0.4 is 15.4 Å². The largest absolute Gasteiger partial charge is 0.495 e. The van der Waals surface area contributed by atoms with E-state index in [1.807, 2.05) is 35.3 Å². The first-order valence-corrected chi connectivity index (χ1v) is 9.32. The number of aromatic nitrogens is 1. The minimum absolute atomic E-state index is 0.122. The van der Waals surface area contributed by atoms with Gasteiger partial charge >= 0.3 is 0 Å². The standard InChI is InChI=1S/C18H23N3O3S/c1-13(22)19-14-6-7-17(24-2)15(12-14)20-18(23)16(8-11-25-3)21-9-4-5-10-21/h4-7,9-10,12,16H,8,11H2,1-3H3,(H,19,22)(H,20,23). The van der Waals surface area contributed by atoms with Crippen LogP contribution in [0.2, 0.25) is 0 Å². The summed E-state index contributed by atoms with van der Waals surface area (Å²) in [7, 11) is 1.54. The van der Waals surface area contributed by atoms with Gasteiger partial charge in [0.2, 0.25) is 11.8 Å². The molecule has 1 atom stereocenters. The number of hydrogen-bond acceptors (Lipinski definition) is 4. The first-order valence-electron chi connectivity index (χ1n) is 7.93. The molecule has 7 heteroatoms. The average molecular weight is 361 g/mol. The molecule has 1 heterocycles. The lowest BCUT2D eigenvalue weighted by atomic mass is 10.2. The summed E-state index contributed by atoms with van der Waals surface area (Å²) in [4.78, 5) is 24.1. The van der Waals surface area contributed by atoms with Gasteiger partial charge in [0.05, 0.1) is 12.8 Å². The van der Waals surface area contributed by atoms with Gasteiger partial charge in [-0.1, -0.05) is 0 Å². The smallest absolute Gasteiger partial charge is 0.247 e. The Morgan fingerprint density at radius 1 is 1.24 bits per heavy atom. The topological polar surface area (TPSA) is 72.4 Å². The van der Waals surface area contributed by atoms with Gasteiger partial charge in [-0.3, -0.25) is 9.59 Å². The molecule has 1 unspecified atom stereocenters. The van der Waals surface area contributed by atoms with Crippen molar-refractivity contribution in [2.24, 2.45) is 0 Å². The van der Waals surface area contributed by atoms with Crippen LogP contribution in [0.4, 0.5) is 11.4 Å². The second-order valence-corrected chi connectivity index (χ2v) is 6.50. The van der Waals surface area contributed by atoms with E-state index in [2.05, 4.69) is 10.6 Å². The molecule has 0 saturated carbocycles. The summed E-state index contributed by atoms with van der Waals surface area (Å²) in [5, 5.41) is 5.63. The monoisotopic (exact) mass is 361 g/mol. The van der Waals surface area contributed by atoms with Gasteiger partial charge in [-0.2, -0.15) is 11.8 Å². The van der Waals surface area contributed by atoms with Gasteiger partial charge in [0.15, 0.2) is 0 Å². The van der Waals surface area contributed by atoms with Crippen molar-refractivity contribution in [3.8, 4) is 5.75 Å². The van der Waals surface area contributed by atoms with Crippen LogP contribution in [-0.4, -0.2) is 35.5 Å². The normalized spacial score (nSPS) is 11.6. The summed E-state index contributed by atoms with van der Waals surface area (Å²) in [5.74, 6) is 1.12. The lowest BCUT2D eigenvalue weighted by Crippen LogP contribution is -2.26. The molecule has 1 aromatic carbocycles. The number of thioether (sulfide) groups is 1. The minimum atomic E-state index is -0.309. The summed E-state index contributed by atoms with van der Waals surface area (Å²) in [6.07, 6.45) is 6.50. The number of nitrogens with zero attached hydrogens (tertiary/aromatic N) is 1. The highest BCUT2D eigenvalue weighted by molar-refractivity contribution is 7.98. The third-order valence-corrected chi connectivity index (χ3v) is 4.31. The molecule has 2 N–H and O–H groups in total. The number of amides is 2. The maximum absolute atomic E-state index is 12.8. The fourth-order valence-electron chi connectivity index (χ4n) is 2.50. The molecule has 2 aromatic rings. The Balaban J connectivity index is 2.22. The first-order chi connectivity index (χ1) is 12.0. The van der Waals surface area contributed by atoms with E-state index < -0.39 is 0 Å². The number of methoxy groups -OCH3 is 1. The number of nitrogens with one attached hydrogen (secondary N) is 2. The van der Waals surface area contributed by atoms with Gasteiger partial charge in [-0.05, 0) is 48.8 Å². The van der Waals surface area contributed by atoms with E-state index in [1.165, 1.54) is 6.92 Å². The molecule has 6 nitrogen and oxygen atoms in total. The number of carbonyl (C=O) groups is 2. The average Bonchev–Trinajstić information content (AvgIpc) is 3.09. The van der Waals surface area contributed by atoms with Crippen molar-refractivity contribution in [3.63, 3.8) is 0 Å². The number of rotatable bonds is 8. The molecule has 0 spiro atoms. The third-order valence-electron chi connectivity index (χ3n) is 3.66. The number of anilines is 2. The Kier molecular flexibility index (Phi) is 6.94. The first kappa shape index (κ1) is 18.9. The van der Waals surface area contributed by atoms with Crippen molar-refractivity contribution in [3.05, 3.63) is 42.7 Å². The van der Waals surface area contributed by atoms with Crippen LogP contribution in [0.3, 0.4) is 0 Å². The molecule has 0 aliphatic carbocycles. The molecule has 1 aromatic heterocycles. The van der Waals surface area contributed by atoms with Crippen LogP contribution in [0, 0.1) is 0 Å². The Labute approximate surface area is 151 Å². The lowest BCUT2D eigenvalue weighted by molar-refractivity contribution is -0.119. The minimum Gasteiger partial charge on any atom is -0.495 e. The summed E-state index contributed by atoms with van der Waals surface area (Å²) < 4.78 is 7.22. The zero-order chi connectivity index (χ0) is 18.2. The lowest BCUT2D eigenvalue weighted by Gasteiger charge is -2.19. The molecule has 134 valence electrons. The Bertz CT molecular complexity index is 716. The van der Waals surface area contributed by atoms with E-state index in [0.717, 1.165) is 12.2 Å². The van der Waals surface area contributed by atoms with Crippen molar-refractivity contribution in [1.82, 2.24) is 4.57 Å². The van der Waals surface area contributed by atoms with Gasteiger partial charge in [-0.25, -0.2) is 0 Å². The van der Waals surface area contributed by atoms with E-state index in [1.54, 1.807) is 37.1 Å². The summed E-state index contributed by atoms with van der Waals surface area (Å²) in [6, 6.07) is 8.63.